The molecule has 134 valence electrons. The summed E-state index contributed by atoms with van der Waals surface area (Å²) in [4.78, 5) is 0. The molecule has 0 saturated heterocycles. The van der Waals surface area contributed by atoms with Gasteiger partial charge in [0.05, 0.1) is 0 Å². The molecule has 0 unspecified atom stereocenters. The molecule has 3 aromatic rings. The Morgan fingerprint density at radius 1 is 0.769 bits per heavy atom. The van der Waals surface area contributed by atoms with Crippen LogP contribution in [0.5, 0.6) is 0 Å². The topological polar surface area (TPSA) is 17.1 Å². The Morgan fingerprint density at radius 3 is 1.73 bits per heavy atom. The molecule has 0 amide bonds. The lowest BCUT2D eigenvalue weighted by Crippen LogP contribution is -2.20. The minimum atomic E-state index is -2.77. The molecule has 3 aromatic carbocycles. The van der Waals surface area contributed by atoms with Gasteiger partial charge in [0.1, 0.15) is 7.14 Å². The first kappa shape index (κ1) is 18.7. The third kappa shape index (κ3) is 3.84. The minimum Gasteiger partial charge on any atom is -0.313 e. The number of hydrogen-bond donors (Lipinski definition) is 0. The van der Waals surface area contributed by atoms with E-state index in [0.717, 1.165) is 22.6 Å². The van der Waals surface area contributed by atoms with Gasteiger partial charge in [-0.1, -0.05) is 105 Å². The van der Waals surface area contributed by atoms with Crippen molar-refractivity contribution in [2.24, 2.45) is 0 Å². The van der Waals surface area contributed by atoms with Crippen molar-refractivity contribution in [1.82, 2.24) is 0 Å². The molecular formula is C24H27OP. The zero-order chi connectivity index (χ0) is 18.4. The fourth-order valence-corrected chi connectivity index (χ4v) is 6.46. The Balaban J connectivity index is 2.01. The smallest absolute Gasteiger partial charge is 0.150 e. The molecule has 0 bridgehead atoms. The third-order valence-electron chi connectivity index (χ3n) is 5.11. The van der Waals surface area contributed by atoms with Crippen molar-refractivity contribution in [3.05, 3.63) is 96.1 Å². The summed E-state index contributed by atoms with van der Waals surface area (Å²) in [6.45, 7) is 4.31. The van der Waals surface area contributed by atoms with Crippen molar-refractivity contribution >= 4 is 17.8 Å². The molecule has 0 saturated carbocycles. The monoisotopic (exact) mass is 362 g/mol. The molecule has 0 fully saturated rings. The first-order chi connectivity index (χ1) is 12.7. The molecular weight excluding hydrogens is 335 g/mol. The van der Waals surface area contributed by atoms with Gasteiger partial charge in [0.25, 0.3) is 0 Å². The summed E-state index contributed by atoms with van der Waals surface area (Å²) in [7, 11) is -2.77. The van der Waals surface area contributed by atoms with Gasteiger partial charge >= 0.3 is 0 Å². The van der Waals surface area contributed by atoms with Crippen LogP contribution in [0.4, 0.5) is 0 Å². The van der Waals surface area contributed by atoms with Crippen LogP contribution in [0, 0.1) is 0 Å². The molecule has 26 heavy (non-hydrogen) atoms. The summed E-state index contributed by atoms with van der Waals surface area (Å²) in [6.07, 6.45) is 3.52. The van der Waals surface area contributed by atoms with Crippen LogP contribution >= 0.6 is 7.14 Å². The first-order valence-corrected chi connectivity index (χ1v) is 11.2. The fourth-order valence-electron chi connectivity index (χ4n) is 3.45. The lowest BCUT2D eigenvalue weighted by Gasteiger charge is -2.26. The SMILES string of the molecule is CCCCc1ccc([C@H](C)P(=O)(c2ccccc2)c2ccccc2)cc1. The minimum absolute atomic E-state index is 0.0625. The second-order valence-electron chi connectivity index (χ2n) is 6.85. The summed E-state index contributed by atoms with van der Waals surface area (Å²) in [5, 5.41) is 1.85. The molecule has 1 atom stereocenters. The molecule has 0 aromatic heterocycles. The highest BCUT2D eigenvalue weighted by Gasteiger charge is 2.34. The van der Waals surface area contributed by atoms with E-state index < -0.39 is 7.14 Å². The highest BCUT2D eigenvalue weighted by Crippen LogP contribution is 2.56. The van der Waals surface area contributed by atoms with E-state index in [9.17, 15) is 4.57 Å². The van der Waals surface area contributed by atoms with E-state index in [0.29, 0.717) is 0 Å². The number of rotatable bonds is 7. The Hall–Kier alpha value is -2.11. The van der Waals surface area contributed by atoms with Gasteiger partial charge < -0.3 is 4.57 Å². The maximum atomic E-state index is 14.4. The van der Waals surface area contributed by atoms with Crippen molar-refractivity contribution in [3.63, 3.8) is 0 Å². The van der Waals surface area contributed by atoms with Crippen molar-refractivity contribution in [3.8, 4) is 0 Å². The average molecular weight is 362 g/mol. The standard InChI is InChI=1S/C24H27OP/c1-3-4-11-21-16-18-22(19-17-21)20(2)26(25,23-12-7-5-8-13-23)24-14-9-6-10-15-24/h5-10,12-20H,3-4,11H2,1-2H3/t20-/m0/s1. The van der Waals surface area contributed by atoms with Gasteiger partial charge in [0.2, 0.25) is 0 Å². The van der Waals surface area contributed by atoms with E-state index in [-0.39, 0.29) is 5.66 Å². The van der Waals surface area contributed by atoms with Crippen LogP contribution in [0.2, 0.25) is 0 Å². The number of benzene rings is 3. The molecule has 1 nitrogen and oxygen atoms in total. The second-order valence-corrected chi connectivity index (χ2v) is 9.97. The summed E-state index contributed by atoms with van der Waals surface area (Å²) in [5.41, 5.74) is 2.44. The van der Waals surface area contributed by atoms with Gasteiger partial charge in [0.15, 0.2) is 0 Å². The van der Waals surface area contributed by atoms with E-state index in [1.807, 2.05) is 60.7 Å². The quantitative estimate of drug-likeness (QED) is 0.464. The van der Waals surface area contributed by atoms with E-state index >= 15 is 0 Å². The second kappa shape index (κ2) is 8.52. The molecule has 0 N–H and O–H groups in total. The lowest BCUT2D eigenvalue weighted by atomic mass is 10.1. The number of aryl methyl sites for hydroxylation is 1. The third-order valence-corrected chi connectivity index (χ3v) is 8.63. The number of unbranched alkanes of at least 4 members (excludes halogenated alkanes) is 1. The van der Waals surface area contributed by atoms with Crippen molar-refractivity contribution < 1.29 is 4.57 Å². The number of hydrogen-bond acceptors (Lipinski definition) is 1. The van der Waals surface area contributed by atoms with Gasteiger partial charge in [-0.2, -0.15) is 0 Å². The lowest BCUT2D eigenvalue weighted by molar-refractivity contribution is 0.581. The maximum absolute atomic E-state index is 14.4. The Morgan fingerprint density at radius 2 is 1.27 bits per heavy atom. The van der Waals surface area contributed by atoms with Crippen molar-refractivity contribution in [2.45, 2.75) is 38.8 Å². The van der Waals surface area contributed by atoms with Crippen LogP contribution in [0.25, 0.3) is 0 Å². The van der Waals surface area contributed by atoms with Gasteiger partial charge in [-0.25, -0.2) is 0 Å². The molecule has 2 heteroatoms. The van der Waals surface area contributed by atoms with Crippen LogP contribution in [0.15, 0.2) is 84.9 Å². The van der Waals surface area contributed by atoms with Crippen LogP contribution in [-0.4, -0.2) is 0 Å². The van der Waals surface area contributed by atoms with E-state index in [1.54, 1.807) is 0 Å². The zero-order valence-electron chi connectivity index (χ0n) is 15.6. The summed E-state index contributed by atoms with van der Waals surface area (Å²) < 4.78 is 14.4. The fraction of sp³-hybridized carbons (Fsp3) is 0.250. The Labute approximate surface area is 157 Å². The largest absolute Gasteiger partial charge is 0.313 e. The van der Waals surface area contributed by atoms with Gasteiger partial charge in [-0.3, -0.25) is 0 Å². The predicted molar refractivity (Wildman–Crippen MR) is 113 cm³/mol. The van der Waals surface area contributed by atoms with Crippen molar-refractivity contribution in [2.75, 3.05) is 0 Å². The summed E-state index contributed by atoms with van der Waals surface area (Å²) in [5.74, 6) is 0. The van der Waals surface area contributed by atoms with E-state index in [1.165, 1.54) is 18.4 Å². The molecule has 0 aliphatic carbocycles. The highest BCUT2D eigenvalue weighted by atomic mass is 31.2. The van der Waals surface area contributed by atoms with Crippen LogP contribution < -0.4 is 10.6 Å². The van der Waals surface area contributed by atoms with Gasteiger partial charge in [-0.15, -0.1) is 0 Å². The summed E-state index contributed by atoms with van der Waals surface area (Å²) >= 11 is 0. The summed E-state index contributed by atoms with van der Waals surface area (Å²) in [6, 6.07) is 28.6. The zero-order valence-corrected chi connectivity index (χ0v) is 16.5. The van der Waals surface area contributed by atoms with E-state index in [4.69, 9.17) is 0 Å². The maximum Gasteiger partial charge on any atom is 0.150 e. The van der Waals surface area contributed by atoms with Crippen LogP contribution in [0.3, 0.4) is 0 Å². The molecule has 3 rings (SSSR count). The molecule has 0 aliphatic rings. The Bertz CT molecular complexity index is 810. The highest BCUT2D eigenvalue weighted by molar-refractivity contribution is 7.79. The van der Waals surface area contributed by atoms with Gasteiger partial charge in [-0.05, 0) is 24.0 Å². The molecule has 0 heterocycles. The first-order valence-electron chi connectivity index (χ1n) is 9.46. The van der Waals surface area contributed by atoms with Crippen LogP contribution in [-0.2, 0) is 11.0 Å². The van der Waals surface area contributed by atoms with Crippen LogP contribution in [0.1, 0.15) is 43.5 Å². The predicted octanol–water partition coefficient (Wildman–Crippen LogP) is 6.10. The molecule has 0 aliphatic heterocycles. The van der Waals surface area contributed by atoms with E-state index in [2.05, 4.69) is 38.1 Å². The Kier molecular flexibility index (Phi) is 6.12. The normalized spacial score (nSPS) is 12.7. The molecule has 0 spiro atoms. The molecule has 0 radical (unpaired) electrons. The average Bonchev–Trinajstić information content (AvgIpc) is 2.73. The van der Waals surface area contributed by atoms with Gasteiger partial charge in [0, 0.05) is 16.3 Å². The van der Waals surface area contributed by atoms with Crippen molar-refractivity contribution in [1.29, 1.82) is 0 Å².